The van der Waals surface area contributed by atoms with Crippen molar-refractivity contribution in [1.82, 2.24) is 9.55 Å². The van der Waals surface area contributed by atoms with Gasteiger partial charge in [0.2, 0.25) is 5.71 Å². The second-order valence-corrected chi connectivity index (χ2v) is 6.65. The smallest absolute Gasteiger partial charge is 0.265 e. The van der Waals surface area contributed by atoms with Crippen LogP contribution >= 0.6 is 0 Å². The molecule has 0 saturated carbocycles. The van der Waals surface area contributed by atoms with E-state index < -0.39 is 0 Å². The lowest BCUT2D eigenvalue weighted by atomic mass is 10.1. The highest BCUT2D eigenvalue weighted by Gasteiger charge is 2.23. The molecule has 0 radical (unpaired) electrons. The first-order chi connectivity index (χ1) is 13.5. The summed E-state index contributed by atoms with van der Waals surface area (Å²) in [5, 5.41) is 3.06. The van der Waals surface area contributed by atoms with Crippen LogP contribution in [-0.2, 0) is 6.54 Å². The van der Waals surface area contributed by atoms with Crippen molar-refractivity contribution < 1.29 is 9.21 Å². The summed E-state index contributed by atoms with van der Waals surface area (Å²) in [5.41, 5.74) is 2.67. The predicted molar refractivity (Wildman–Crippen MR) is 108 cm³/mol. The van der Waals surface area contributed by atoms with Crippen LogP contribution in [0.1, 0.15) is 27.2 Å². The fourth-order valence-corrected chi connectivity index (χ4v) is 3.20. The number of carbonyl (C=O) groups is 1. The number of carbonyl (C=O) groups excluding carboxylic acids is 1. The third-order valence-corrected chi connectivity index (χ3v) is 4.67. The third kappa shape index (κ3) is 3.20. The first kappa shape index (κ1) is 17.7. The van der Waals surface area contributed by atoms with Crippen molar-refractivity contribution in [3.05, 3.63) is 93.7 Å². The fourth-order valence-electron chi connectivity index (χ4n) is 3.20. The number of para-hydroxylation sites is 1. The summed E-state index contributed by atoms with van der Waals surface area (Å²) in [6, 6.07) is 17.1. The van der Waals surface area contributed by atoms with Gasteiger partial charge in [0.05, 0.1) is 12.1 Å². The van der Waals surface area contributed by atoms with E-state index in [2.05, 4.69) is 10.3 Å². The second kappa shape index (κ2) is 7.15. The summed E-state index contributed by atoms with van der Waals surface area (Å²) in [7, 11) is 0. The zero-order chi connectivity index (χ0) is 19.7. The van der Waals surface area contributed by atoms with Crippen molar-refractivity contribution in [3.63, 3.8) is 0 Å². The number of hydrogen-bond donors (Lipinski definition) is 1. The molecule has 0 aliphatic carbocycles. The van der Waals surface area contributed by atoms with Crippen LogP contribution in [0.3, 0.4) is 0 Å². The van der Waals surface area contributed by atoms with Crippen molar-refractivity contribution in [3.8, 4) is 0 Å². The quantitative estimate of drug-likeness (QED) is 0.588. The molecule has 2 aromatic carbocycles. The van der Waals surface area contributed by atoms with Gasteiger partial charge in [-0.05, 0) is 31.0 Å². The van der Waals surface area contributed by atoms with E-state index in [-0.39, 0.29) is 28.1 Å². The molecule has 6 nitrogen and oxygen atoms in total. The number of nitrogens with one attached hydrogen (secondary N) is 1. The molecular formula is C22H19N3O3. The SMILES string of the molecule is Cc1ccccc1NC(=O)c1c(C)oc2ncn(Cc3ccccc3)c(=O)c12. The molecule has 4 aromatic rings. The van der Waals surface area contributed by atoms with Gasteiger partial charge in [0.25, 0.3) is 11.5 Å². The van der Waals surface area contributed by atoms with Gasteiger partial charge in [-0.3, -0.25) is 14.2 Å². The summed E-state index contributed by atoms with van der Waals surface area (Å²) in [6.45, 7) is 3.94. The number of aromatic nitrogens is 2. The van der Waals surface area contributed by atoms with Crippen LogP contribution in [0.4, 0.5) is 5.69 Å². The van der Waals surface area contributed by atoms with Crippen LogP contribution in [0.5, 0.6) is 0 Å². The van der Waals surface area contributed by atoms with Gasteiger partial charge in [-0.25, -0.2) is 4.98 Å². The summed E-state index contributed by atoms with van der Waals surface area (Å²) in [6.07, 6.45) is 1.45. The number of rotatable bonds is 4. The zero-order valence-corrected chi connectivity index (χ0v) is 15.6. The number of fused-ring (bicyclic) bond motifs is 1. The number of aryl methyl sites for hydroxylation is 2. The molecule has 0 spiro atoms. The van der Waals surface area contributed by atoms with Crippen molar-refractivity contribution >= 4 is 22.7 Å². The highest BCUT2D eigenvalue weighted by atomic mass is 16.3. The Bertz CT molecular complexity index is 1220. The maximum Gasteiger partial charge on any atom is 0.265 e. The highest BCUT2D eigenvalue weighted by Crippen LogP contribution is 2.23. The van der Waals surface area contributed by atoms with Gasteiger partial charge in [-0.15, -0.1) is 0 Å². The number of benzene rings is 2. The van der Waals surface area contributed by atoms with Crippen LogP contribution in [0.15, 0.2) is 70.1 Å². The minimum atomic E-state index is -0.387. The lowest BCUT2D eigenvalue weighted by molar-refractivity contribution is 0.102. The normalized spacial score (nSPS) is 10.9. The molecule has 1 N–H and O–H groups in total. The van der Waals surface area contributed by atoms with E-state index in [1.807, 2.05) is 61.5 Å². The Balaban J connectivity index is 1.77. The predicted octanol–water partition coefficient (Wildman–Crippen LogP) is 3.91. The summed E-state index contributed by atoms with van der Waals surface area (Å²) >= 11 is 0. The maximum atomic E-state index is 13.1. The molecule has 140 valence electrons. The monoisotopic (exact) mass is 373 g/mol. The molecule has 2 aromatic heterocycles. The van der Waals surface area contributed by atoms with E-state index >= 15 is 0 Å². The first-order valence-electron chi connectivity index (χ1n) is 8.94. The Morgan fingerprint density at radius 3 is 2.54 bits per heavy atom. The van der Waals surface area contributed by atoms with Crippen molar-refractivity contribution in [2.75, 3.05) is 5.32 Å². The molecule has 0 atom stereocenters. The molecule has 1 amide bonds. The third-order valence-electron chi connectivity index (χ3n) is 4.67. The Hall–Kier alpha value is -3.67. The lowest BCUT2D eigenvalue weighted by Gasteiger charge is -2.08. The van der Waals surface area contributed by atoms with Crippen molar-refractivity contribution in [2.45, 2.75) is 20.4 Å². The van der Waals surface area contributed by atoms with Crippen LogP contribution in [-0.4, -0.2) is 15.5 Å². The summed E-state index contributed by atoms with van der Waals surface area (Å²) in [5.74, 6) is -0.0231. The number of furan rings is 1. The molecule has 6 heteroatoms. The Labute approximate surface area is 161 Å². The van der Waals surface area contributed by atoms with Crippen LogP contribution in [0, 0.1) is 13.8 Å². The molecule has 0 aliphatic rings. The first-order valence-corrected chi connectivity index (χ1v) is 8.94. The largest absolute Gasteiger partial charge is 0.442 e. The standard InChI is InChI=1S/C22H19N3O3/c1-14-8-6-7-11-17(14)24-20(26)18-15(2)28-21-19(18)22(27)25(13-23-21)12-16-9-4-3-5-10-16/h3-11,13H,12H2,1-2H3,(H,24,26). The van der Waals surface area contributed by atoms with Gasteiger partial charge in [-0.2, -0.15) is 0 Å². The average Bonchev–Trinajstić information content (AvgIpc) is 3.03. The van der Waals surface area contributed by atoms with Gasteiger partial charge in [0.15, 0.2) is 0 Å². The van der Waals surface area contributed by atoms with Gasteiger partial charge in [0.1, 0.15) is 17.5 Å². The van der Waals surface area contributed by atoms with Gasteiger partial charge in [0, 0.05) is 5.69 Å². The van der Waals surface area contributed by atoms with Crippen molar-refractivity contribution in [1.29, 1.82) is 0 Å². The number of anilines is 1. The average molecular weight is 373 g/mol. The number of amides is 1. The molecule has 4 rings (SSSR count). The van der Waals surface area contributed by atoms with Crippen LogP contribution in [0.25, 0.3) is 11.1 Å². The van der Waals surface area contributed by atoms with Crippen molar-refractivity contribution in [2.24, 2.45) is 0 Å². The molecule has 28 heavy (non-hydrogen) atoms. The van der Waals surface area contributed by atoms with E-state index in [0.29, 0.717) is 18.0 Å². The van der Waals surface area contributed by atoms with Gasteiger partial charge < -0.3 is 9.73 Å². The van der Waals surface area contributed by atoms with E-state index in [4.69, 9.17) is 4.42 Å². The minimum absolute atomic E-state index is 0.168. The molecule has 0 bridgehead atoms. The zero-order valence-electron chi connectivity index (χ0n) is 15.6. The Kier molecular flexibility index (Phi) is 4.53. The Morgan fingerprint density at radius 1 is 1.07 bits per heavy atom. The molecule has 2 heterocycles. The molecule has 0 fully saturated rings. The summed E-state index contributed by atoms with van der Waals surface area (Å²) in [4.78, 5) is 30.3. The Morgan fingerprint density at radius 2 is 1.79 bits per heavy atom. The summed E-state index contributed by atoms with van der Waals surface area (Å²) < 4.78 is 7.07. The van der Waals surface area contributed by atoms with E-state index in [0.717, 1.165) is 11.1 Å². The van der Waals surface area contributed by atoms with Gasteiger partial charge >= 0.3 is 0 Å². The molecular weight excluding hydrogens is 354 g/mol. The minimum Gasteiger partial charge on any atom is -0.442 e. The van der Waals surface area contributed by atoms with Crippen LogP contribution < -0.4 is 10.9 Å². The molecule has 0 saturated heterocycles. The lowest BCUT2D eigenvalue weighted by Crippen LogP contribution is -2.23. The van der Waals surface area contributed by atoms with E-state index in [1.54, 1.807) is 6.92 Å². The second-order valence-electron chi connectivity index (χ2n) is 6.65. The fraction of sp³-hybridized carbons (Fsp3) is 0.136. The number of hydrogen-bond acceptors (Lipinski definition) is 4. The topological polar surface area (TPSA) is 77.1 Å². The number of nitrogens with zero attached hydrogens (tertiary/aromatic N) is 2. The highest BCUT2D eigenvalue weighted by molar-refractivity contribution is 6.12. The van der Waals surface area contributed by atoms with Gasteiger partial charge in [-0.1, -0.05) is 48.5 Å². The van der Waals surface area contributed by atoms with E-state index in [9.17, 15) is 9.59 Å². The maximum absolute atomic E-state index is 13.1. The molecule has 0 unspecified atom stereocenters. The molecule has 0 aliphatic heterocycles. The van der Waals surface area contributed by atoms with E-state index in [1.165, 1.54) is 10.9 Å². The van der Waals surface area contributed by atoms with Crippen LogP contribution in [0.2, 0.25) is 0 Å².